The van der Waals surface area contributed by atoms with Crippen molar-refractivity contribution in [2.45, 2.75) is 19.2 Å². The molecule has 1 saturated carbocycles. The van der Waals surface area contributed by atoms with Crippen molar-refractivity contribution in [3.8, 4) is 0 Å². The maximum absolute atomic E-state index is 7.99. The molecular weight excluding hydrogens is 178 g/mol. The zero-order valence-corrected chi connectivity index (χ0v) is 7.93. The van der Waals surface area contributed by atoms with Gasteiger partial charge in [-0.1, -0.05) is 18.9 Å². The van der Waals surface area contributed by atoms with E-state index >= 15 is 0 Å². The van der Waals surface area contributed by atoms with Crippen LogP contribution in [0, 0.1) is 17.3 Å². The molecule has 0 aromatic carbocycles. The Labute approximate surface area is 75.7 Å². The van der Waals surface area contributed by atoms with E-state index in [2.05, 4.69) is 28.5 Å². The Morgan fingerprint density at radius 3 is 2.83 bits per heavy atom. The standard InChI is InChI=1S/C7H13NO3S/c1-7(2)4-3-8-6(5(4)7)12-11-10-9/h4-6,8-9H,3H2,1-2H3/t4-,5-,6+/m1/s1. The molecule has 5 heteroatoms. The Kier molecular flexibility index (Phi) is 2.08. The average molecular weight is 191 g/mol. The largest absolute Gasteiger partial charge is 0.303 e. The normalized spacial score (nSPS) is 42.8. The van der Waals surface area contributed by atoms with E-state index in [4.69, 9.17) is 5.26 Å². The lowest BCUT2D eigenvalue weighted by Crippen LogP contribution is -2.27. The van der Waals surface area contributed by atoms with Crippen LogP contribution >= 0.6 is 12.0 Å². The molecule has 3 atom stereocenters. The second kappa shape index (κ2) is 2.85. The van der Waals surface area contributed by atoms with E-state index in [9.17, 15) is 0 Å². The first-order chi connectivity index (χ1) is 5.68. The van der Waals surface area contributed by atoms with Gasteiger partial charge in [-0.3, -0.25) is 0 Å². The van der Waals surface area contributed by atoms with Gasteiger partial charge in [-0.15, -0.1) is 4.33 Å². The van der Waals surface area contributed by atoms with Crippen molar-refractivity contribution < 1.29 is 14.6 Å². The highest BCUT2D eigenvalue weighted by molar-refractivity contribution is 7.95. The maximum atomic E-state index is 7.99. The third-order valence-electron chi connectivity index (χ3n) is 3.18. The zero-order chi connectivity index (χ0) is 8.77. The van der Waals surface area contributed by atoms with Crippen LogP contribution in [0.4, 0.5) is 0 Å². The lowest BCUT2D eigenvalue weighted by molar-refractivity contribution is -0.432. The van der Waals surface area contributed by atoms with E-state index in [-0.39, 0.29) is 5.37 Å². The highest BCUT2D eigenvalue weighted by Gasteiger charge is 2.64. The summed E-state index contributed by atoms with van der Waals surface area (Å²) in [5, 5.41) is 15.1. The predicted octanol–water partition coefficient (Wildman–Crippen LogP) is 1.26. The Hall–Kier alpha value is 0.190. The Balaban J connectivity index is 1.86. The van der Waals surface area contributed by atoms with Gasteiger partial charge in [0.05, 0.1) is 17.4 Å². The number of hydrogen-bond acceptors (Lipinski definition) is 5. The molecule has 1 heterocycles. The summed E-state index contributed by atoms with van der Waals surface area (Å²) in [6, 6.07) is 0. The smallest absolute Gasteiger partial charge is 0.0868 e. The van der Waals surface area contributed by atoms with Gasteiger partial charge in [-0.05, 0) is 23.8 Å². The fourth-order valence-corrected chi connectivity index (χ4v) is 3.25. The molecule has 0 unspecified atom stereocenters. The summed E-state index contributed by atoms with van der Waals surface area (Å²) < 4.78 is 4.42. The second-order valence-corrected chi connectivity index (χ2v) is 4.86. The van der Waals surface area contributed by atoms with Crippen LogP contribution in [0.15, 0.2) is 0 Å². The van der Waals surface area contributed by atoms with Crippen LogP contribution in [0.25, 0.3) is 0 Å². The number of piperidine rings is 1. The van der Waals surface area contributed by atoms with Crippen LogP contribution in [0.5, 0.6) is 0 Å². The molecule has 2 N–H and O–H groups in total. The molecule has 70 valence electrons. The number of rotatable bonds is 3. The van der Waals surface area contributed by atoms with Gasteiger partial charge in [0.1, 0.15) is 0 Å². The SMILES string of the molecule is CC1(C)[C@@H]2[C@H]1CN[C@H]2SOOO. The average Bonchev–Trinajstić information content (AvgIpc) is 2.49. The summed E-state index contributed by atoms with van der Waals surface area (Å²) in [6.45, 7) is 5.57. The molecule has 0 spiro atoms. The van der Waals surface area contributed by atoms with Crippen LogP contribution in [0.1, 0.15) is 13.8 Å². The molecule has 0 aromatic rings. The molecule has 0 radical (unpaired) electrons. The lowest BCUT2D eigenvalue weighted by Gasteiger charge is -2.15. The van der Waals surface area contributed by atoms with E-state index in [0.29, 0.717) is 11.3 Å². The third-order valence-corrected chi connectivity index (χ3v) is 3.98. The Morgan fingerprint density at radius 2 is 2.33 bits per heavy atom. The molecule has 1 aliphatic carbocycles. The molecule has 1 saturated heterocycles. The van der Waals surface area contributed by atoms with Gasteiger partial charge < -0.3 is 5.32 Å². The fourth-order valence-electron chi connectivity index (χ4n) is 2.30. The quantitative estimate of drug-likeness (QED) is 0.399. The van der Waals surface area contributed by atoms with Crippen molar-refractivity contribution in [3.63, 3.8) is 0 Å². The van der Waals surface area contributed by atoms with Crippen molar-refractivity contribution in [1.82, 2.24) is 5.32 Å². The molecule has 1 aliphatic heterocycles. The summed E-state index contributed by atoms with van der Waals surface area (Å²) in [7, 11) is 0. The summed E-state index contributed by atoms with van der Waals surface area (Å²) in [5.74, 6) is 1.41. The van der Waals surface area contributed by atoms with Crippen molar-refractivity contribution in [2.75, 3.05) is 6.54 Å². The monoisotopic (exact) mass is 191 g/mol. The minimum Gasteiger partial charge on any atom is -0.303 e. The van der Waals surface area contributed by atoms with E-state index in [0.717, 1.165) is 24.5 Å². The molecule has 0 bridgehead atoms. The van der Waals surface area contributed by atoms with E-state index in [1.165, 1.54) is 0 Å². The molecule has 2 aliphatic rings. The summed E-state index contributed by atoms with van der Waals surface area (Å²) in [6.07, 6.45) is 0. The van der Waals surface area contributed by atoms with Crippen LogP contribution < -0.4 is 5.32 Å². The van der Waals surface area contributed by atoms with Crippen LogP contribution in [-0.4, -0.2) is 17.2 Å². The maximum Gasteiger partial charge on any atom is 0.0868 e. The first-order valence-electron chi connectivity index (χ1n) is 4.05. The molecule has 12 heavy (non-hydrogen) atoms. The van der Waals surface area contributed by atoms with Crippen molar-refractivity contribution in [3.05, 3.63) is 0 Å². The summed E-state index contributed by atoms with van der Waals surface area (Å²) in [4.78, 5) is 0. The van der Waals surface area contributed by atoms with Crippen molar-refractivity contribution in [1.29, 1.82) is 0 Å². The van der Waals surface area contributed by atoms with Gasteiger partial charge >= 0.3 is 0 Å². The van der Waals surface area contributed by atoms with Gasteiger partial charge in [0.25, 0.3) is 0 Å². The third kappa shape index (κ3) is 1.16. The Bertz CT molecular complexity index is 187. The highest BCUT2D eigenvalue weighted by Crippen LogP contribution is 2.64. The molecule has 0 aromatic heterocycles. The van der Waals surface area contributed by atoms with Crippen molar-refractivity contribution in [2.24, 2.45) is 17.3 Å². The minimum atomic E-state index is 0.261. The summed E-state index contributed by atoms with van der Waals surface area (Å²) >= 11 is 1.15. The van der Waals surface area contributed by atoms with Gasteiger partial charge in [0, 0.05) is 0 Å². The van der Waals surface area contributed by atoms with Gasteiger partial charge in [-0.2, -0.15) is 0 Å². The van der Waals surface area contributed by atoms with Crippen LogP contribution in [0.3, 0.4) is 0 Å². The highest BCUT2D eigenvalue weighted by atomic mass is 32.2. The molecule has 2 fully saturated rings. The predicted molar refractivity (Wildman–Crippen MR) is 44.9 cm³/mol. The van der Waals surface area contributed by atoms with E-state index in [1.54, 1.807) is 0 Å². The van der Waals surface area contributed by atoms with Gasteiger partial charge in [0.15, 0.2) is 0 Å². The van der Waals surface area contributed by atoms with Crippen LogP contribution in [-0.2, 0) is 9.37 Å². The van der Waals surface area contributed by atoms with Crippen molar-refractivity contribution >= 4 is 12.0 Å². The number of fused-ring (bicyclic) bond motifs is 1. The molecule has 4 nitrogen and oxygen atoms in total. The topological polar surface area (TPSA) is 50.7 Å². The lowest BCUT2D eigenvalue weighted by atomic mass is 10.1. The summed E-state index contributed by atoms with van der Waals surface area (Å²) in [5.41, 5.74) is 0.432. The second-order valence-electron chi connectivity index (χ2n) is 4.02. The number of nitrogens with one attached hydrogen (secondary N) is 1. The van der Waals surface area contributed by atoms with Crippen LogP contribution in [0.2, 0.25) is 0 Å². The van der Waals surface area contributed by atoms with Gasteiger partial charge in [-0.25, -0.2) is 5.26 Å². The first kappa shape index (κ1) is 8.77. The zero-order valence-electron chi connectivity index (χ0n) is 7.11. The first-order valence-corrected chi connectivity index (χ1v) is 4.85. The van der Waals surface area contributed by atoms with E-state index in [1.807, 2.05) is 0 Å². The number of hydrogen-bond donors (Lipinski definition) is 2. The Morgan fingerprint density at radius 1 is 1.58 bits per heavy atom. The fraction of sp³-hybridized carbons (Fsp3) is 1.00. The van der Waals surface area contributed by atoms with Gasteiger partial charge in [0.2, 0.25) is 0 Å². The minimum absolute atomic E-state index is 0.261. The molecular formula is C7H13NO3S. The molecule has 2 rings (SSSR count). The van der Waals surface area contributed by atoms with E-state index < -0.39 is 0 Å². The molecule has 0 amide bonds.